The van der Waals surface area contributed by atoms with Crippen molar-refractivity contribution in [2.24, 2.45) is 0 Å². The average Bonchev–Trinajstić information content (AvgIpc) is 2.71. The number of ether oxygens (including phenoxy) is 2. The number of benzene rings is 1. The summed E-state index contributed by atoms with van der Waals surface area (Å²) >= 11 is 0. The van der Waals surface area contributed by atoms with Crippen LogP contribution in [0.15, 0.2) is 53.7 Å². The molecule has 29 heavy (non-hydrogen) atoms. The van der Waals surface area contributed by atoms with Crippen molar-refractivity contribution in [2.45, 2.75) is 19.5 Å². The largest absolute Gasteiger partial charge is 0.484 e. The zero-order valence-electron chi connectivity index (χ0n) is 15.4. The molecular formula is C19H17F3N4O3. The summed E-state index contributed by atoms with van der Waals surface area (Å²) in [7, 11) is 0. The lowest BCUT2D eigenvalue weighted by Gasteiger charge is -2.14. The number of alkyl halides is 3. The lowest BCUT2D eigenvalue weighted by Crippen LogP contribution is -2.22. The van der Waals surface area contributed by atoms with Gasteiger partial charge in [-0.05, 0) is 36.8 Å². The molecule has 0 saturated heterocycles. The van der Waals surface area contributed by atoms with E-state index >= 15 is 0 Å². The van der Waals surface area contributed by atoms with Gasteiger partial charge in [-0.2, -0.15) is 18.2 Å². The lowest BCUT2D eigenvalue weighted by molar-refractivity contribution is -0.153. The third kappa shape index (κ3) is 5.31. The van der Waals surface area contributed by atoms with Crippen LogP contribution in [0.3, 0.4) is 0 Å². The Kier molecular flexibility index (Phi) is 6.10. The highest BCUT2D eigenvalue weighted by Crippen LogP contribution is 2.22. The molecule has 0 fully saturated rings. The molecule has 7 nitrogen and oxygen atoms in total. The minimum atomic E-state index is -4.43. The monoisotopic (exact) mass is 406 g/mol. The summed E-state index contributed by atoms with van der Waals surface area (Å²) in [6, 6.07) is 8.57. The Morgan fingerprint density at radius 2 is 1.83 bits per heavy atom. The van der Waals surface area contributed by atoms with Gasteiger partial charge in [0.25, 0.3) is 5.56 Å². The molecule has 0 bridgehead atoms. The van der Waals surface area contributed by atoms with Gasteiger partial charge in [0.05, 0.1) is 23.7 Å². The fraction of sp³-hybridized carbons (Fsp3) is 0.263. The molecule has 0 radical (unpaired) electrons. The van der Waals surface area contributed by atoms with Crippen LogP contribution in [0, 0.1) is 0 Å². The predicted molar refractivity (Wildman–Crippen MR) is 98.2 cm³/mol. The number of halogens is 3. The van der Waals surface area contributed by atoms with Gasteiger partial charge >= 0.3 is 12.2 Å². The predicted octanol–water partition coefficient (Wildman–Crippen LogP) is 3.42. The van der Waals surface area contributed by atoms with Crippen LogP contribution >= 0.6 is 0 Å². The molecule has 0 amide bonds. The van der Waals surface area contributed by atoms with Gasteiger partial charge in [0, 0.05) is 12.3 Å². The van der Waals surface area contributed by atoms with Gasteiger partial charge in [0.2, 0.25) is 0 Å². The summed E-state index contributed by atoms with van der Waals surface area (Å²) in [4.78, 5) is 25.1. The molecule has 0 aliphatic heterocycles. The smallest absolute Gasteiger partial charge is 0.422 e. The van der Waals surface area contributed by atoms with E-state index in [-0.39, 0.29) is 11.8 Å². The first kappa shape index (κ1) is 20.3. The Labute approximate surface area is 163 Å². The maximum atomic E-state index is 12.8. The molecule has 2 aromatic heterocycles. The molecule has 0 aliphatic carbocycles. The fourth-order valence-electron chi connectivity index (χ4n) is 2.42. The van der Waals surface area contributed by atoms with Gasteiger partial charge in [0.15, 0.2) is 6.61 Å². The molecule has 0 atom stereocenters. The number of hydrogen-bond donors (Lipinski definition) is 0. The Balaban J connectivity index is 1.96. The van der Waals surface area contributed by atoms with Crippen molar-refractivity contribution in [1.82, 2.24) is 19.5 Å². The van der Waals surface area contributed by atoms with E-state index in [2.05, 4.69) is 15.0 Å². The number of aromatic nitrogens is 4. The highest BCUT2D eigenvalue weighted by molar-refractivity contribution is 5.54. The van der Waals surface area contributed by atoms with Crippen LogP contribution in [0.2, 0.25) is 0 Å². The van der Waals surface area contributed by atoms with E-state index < -0.39 is 18.3 Å². The van der Waals surface area contributed by atoms with Crippen LogP contribution in [0.1, 0.15) is 13.3 Å². The molecule has 0 N–H and O–H groups in total. The molecule has 2 heterocycles. The van der Waals surface area contributed by atoms with Crippen molar-refractivity contribution in [3.05, 3.63) is 59.3 Å². The molecule has 1 aromatic carbocycles. The fourth-order valence-corrected chi connectivity index (χ4v) is 2.42. The molecule has 0 aliphatic rings. The SMILES string of the molecule is CCCOc1nc(-c2ccncn2)cc(=O)n1-c1ccc(OCC(F)(F)F)cc1. The average molecular weight is 406 g/mol. The maximum absolute atomic E-state index is 12.8. The van der Waals surface area contributed by atoms with E-state index in [1.54, 1.807) is 6.07 Å². The van der Waals surface area contributed by atoms with Crippen molar-refractivity contribution in [3.63, 3.8) is 0 Å². The first-order valence-electron chi connectivity index (χ1n) is 8.70. The summed E-state index contributed by atoms with van der Waals surface area (Å²) in [5.41, 5.74) is 0.734. The van der Waals surface area contributed by atoms with Crippen molar-refractivity contribution in [2.75, 3.05) is 13.2 Å². The standard InChI is InChI=1S/C19H17F3N4O3/c1-2-9-28-18-25-16(15-7-8-23-12-24-15)10-17(27)26(18)13-3-5-14(6-4-13)29-11-19(20,21)22/h3-8,10,12H,2,9,11H2,1H3. The Morgan fingerprint density at radius 1 is 1.07 bits per heavy atom. The van der Waals surface area contributed by atoms with Crippen LogP contribution in [0.5, 0.6) is 11.8 Å². The van der Waals surface area contributed by atoms with Crippen molar-refractivity contribution in [3.8, 4) is 28.8 Å². The third-order valence-corrected chi connectivity index (χ3v) is 3.67. The molecule has 3 aromatic rings. The van der Waals surface area contributed by atoms with E-state index in [1.807, 2.05) is 6.92 Å². The second-order valence-electron chi connectivity index (χ2n) is 5.94. The summed E-state index contributed by atoms with van der Waals surface area (Å²) in [6.07, 6.45) is -0.869. The molecule has 3 rings (SSSR count). The van der Waals surface area contributed by atoms with E-state index in [4.69, 9.17) is 9.47 Å². The second-order valence-corrected chi connectivity index (χ2v) is 5.94. The quantitative estimate of drug-likeness (QED) is 0.598. The van der Waals surface area contributed by atoms with Gasteiger partial charge in [-0.1, -0.05) is 6.92 Å². The molecular weight excluding hydrogens is 389 g/mol. The number of hydrogen-bond acceptors (Lipinski definition) is 6. The molecule has 0 saturated carbocycles. The minimum Gasteiger partial charge on any atom is -0.484 e. The van der Waals surface area contributed by atoms with Crippen molar-refractivity contribution < 1.29 is 22.6 Å². The Hall–Kier alpha value is -3.43. The highest BCUT2D eigenvalue weighted by Gasteiger charge is 2.28. The van der Waals surface area contributed by atoms with Crippen molar-refractivity contribution >= 4 is 0 Å². The summed E-state index contributed by atoms with van der Waals surface area (Å²) in [5.74, 6) is 0.0284. The van der Waals surface area contributed by atoms with E-state index in [0.29, 0.717) is 30.1 Å². The van der Waals surface area contributed by atoms with Gasteiger partial charge < -0.3 is 9.47 Å². The van der Waals surface area contributed by atoms with Crippen LogP contribution < -0.4 is 15.0 Å². The van der Waals surface area contributed by atoms with E-state index in [1.165, 1.54) is 47.4 Å². The topological polar surface area (TPSA) is 79.1 Å². The van der Waals surface area contributed by atoms with Gasteiger partial charge in [-0.25, -0.2) is 14.5 Å². The summed E-state index contributed by atoms with van der Waals surface area (Å²) in [6.45, 7) is 0.836. The normalized spacial score (nSPS) is 11.3. The van der Waals surface area contributed by atoms with Gasteiger partial charge in [0.1, 0.15) is 12.1 Å². The molecule has 152 valence electrons. The van der Waals surface area contributed by atoms with Crippen LogP contribution in [-0.4, -0.2) is 38.9 Å². The molecule has 0 spiro atoms. The van der Waals surface area contributed by atoms with Crippen LogP contribution in [0.25, 0.3) is 17.1 Å². The Morgan fingerprint density at radius 3 is 2.45 bits per heavy atom. The maximum Gasteiger partial charge on any atom is 0.422 e. The van der Waals surface area contributed by atoms with Gasteiger partial charge in [-0.15, -0.1) is 0 Å². The first-order chi connectivity index (χ1) is 13.9. The number of rotatable bonds is 7. The highest BCUT2D eigenvalue weighted by atomic mass is 19.4. The third-order valence-electron chi connectivity index (χ3n) is 3.67. The van der Waals surface area contributed by atoms with Crippen molar-refractivity contribution in [1.29, 1.82) is 0 Å². The van der Waals surface area contributed by atoms with E-state index in [9.17, 15) is 18.0 Å². The molecule has 10 heteroatoms. The van der Waals surface area contributed by atoms with Gasteiger partial charge in [-0.3, -0.25) is 4.79 Å². The summed E-state index contributed by atoms with van der Waals surface area (Å²) < 4.78 is 48.4. The molecule has 0 unspecified atom stereocenters. The zero-order chi connectivity index (χ0) is 20.9. The Bertz CT molecular complexity index is 1010. The summed E-state index contributed by atoms with van der Waals surface area (Å²) in [5, 5.41) is 0. The minimum absolute atomic E-state index is 0.0284. The van der Waals surface area contributed by atoms with Crippen LogP contribution in [-0.2, 0) is 0 Å². The zero-order valence-corrected chi connectivity index (χ0v) is 15.4. The number of nitrogens with zero attached hydrogens (tertiary/aromatic N) is 4. The first-order valence-corrected chi connectivity index (χ1v) is 8.70. The second kappa shape index (κ2) is 8.72. The lowest BCUT2D eigenvalue weighted by atomic mass is 10.2. The van der Waals surface area contributed by atoms with Crippen LogP contribution in [0.4, 0.5) is 13.2 Å². The van der Waals surface area contributed by atoms with E-state index in [0.717, 1.165) is 0 Å².